The van der Waals surface area contributed by atoms with E-state index in [0.717, 1.165) is 12.1 Å². The summed E-state index contributed by atoms with van der Waals surface area (Å²) in [6.07, 6.45) is 0.570. The highest BCUT2D eigenvalue weighted by atomic mass is 127. The number of carbonyl (C=O) groups excluding carboxylic acids is 1. The molecule has 0 aliphatic heterocycles. The van der Waals surface area contributed by atoms with Gasteiger partial charge in [-0.3, -0.25) is 4.99 Å². The van der Waals surface area contributed by atoms with Crippen LogP contribution in [0.5, 0.6) is 0 Å². The van der Waals surface area contributed by atoms with Crippen LogP contribution in [0.2, 0.25) is 0 Å². The lowest BCUT2D eigenvalue weighted by atomic mass is 10.1. The summed E-state index contributed by atoms with van der Waals surface area (Å²) in [6.45, 7) is 6.88. The molecule has 0 radical (unpaired) electrons. The van der Waals surface area contributed by atoms with Crippen LogP contribution in [0, 0.1) is 11.6 Å². The highest BCUT2D eigenvalue weighted by Crippen LogP contribution is 2.09. The molecule has 0 aliphatic rings. The minimum atomic E-state index is -0.518. The molecule has 27 heavy (non-hydrogen) atoms. The van der Waals surface area contributed by atoms with Gasteiger partial charge >= 0.3 is 6.09 Å². The highest BCUT2D eigenvalue weighted by Gasteiger charge is 2.15. The molecule has 0 bridgehead atoms. The van der Waals surface area contributed by atoms with E-state index in [1.807, 2.05) is 0 Å². The first-order valence-electron chi connectivity index (χ1n) is 8.56. The summed E-state index contributed by atoms with van der Waals surface area (Å²) in [5.74, 6) is -0.329. The molecule has 0 heterocycles. The fraction of sp³-hybridized carbons (Fsp3) is 0.556. The number of nitrogens with one attached hydrogen (secondary N) is 3. The molecule has 0 spiro atoms. The molecule has 1 aromatic carbocycles. The van der Waals surface area contributed by atoms with Gasteiger partial charge in [0.1, 0.15) is 17.2 Å². The van der Waals surface area contributed by atoms with E-state index >= 15 is 0 Å². The molecule has 0 unspecified atom stereocenters. The molecule has 6 nitrogen and oxygen atoms in total. The lowest BCUT2D eigenvalue weighted by Crippen LogP contribution is -2.40. The van der Waals surface area contributed by atoms with Crippen LogP contribution in [0.1, 0.15) is 32.8 Å². The zero-order valence-corrected chi connectivity index (χ0v) is 18.5. The number of nitrogens with zero attached hydrogens (tertiary/aromatic N) is 1. The standard InChI is InChI=1S/C18H28F2N4O2.HI/c1-18(2,3)26-17(25)24-10-5-9-22-16(21-4)23-11-8-13-12-14(19)6-7-15(13)20;/h6-7,12H,5,8-11H2,1-4H3,(H,24,25)(H2,21,22,23);1H. The molecule has 154 valence electrons. The molecule has 9 heteroatoms. The van der Waals surface area contributed by atoms with Crippen LogP contribution in [-0.4, -0.2) is 44.3 Å². The van der Waals surface area contributed by atoms with E-state index in [-0.39, 0.29) is 24.0 Å². The number of hydrogen-bond donors (Lipinski definition) is 3. The molecule has 3 N–H and O–H groups in total. The number of rotatable bonds is 7. The Morgan fingerprint density at radius 3 is 2.37 bits per heavy atom. The summed E-state index contributed by atoms with van der Waals surface area (Å²) in [4.78, 5) is 15.5. The van der Waals surface area contributed by atoms with E-state index in [9.17, 15) is 13.6 Å². The lowest BCUT2D eigenvalue weighted by molar-refractivity contribution is 0.0527. The SMILES string of the molecule is CN=C(NCCCNC(=O)OC(C)(C)C)NCCc1cc(F)ccc1F.I. The second-order valence-corrected chi connectivity index (χ2v) is 6.69. The Labute approximate surface area is 176 Å². The predicted molar refractivity (Wildman–Crippen MR) is 114 cm³/mol. The maximum atomic E-state index is 13.5. The van der Waals surface area contributed by atoms with Crippen LogP contribution in [0.15, 0.2) is 23.2 Å². The van der Waals surface area contributed by atoms with Crippen molar-refractivity contribution in [2.75, 3.05) is 26.7 Å². The van der Waals surface area contributed by atoms with Crippen LogP contribution in [0.25, 0.3) is 0 Å². The van der Waals surface area contributed by atoms with Gasteiger partial charge in [-0.15, -0.1) is 24.0 Å². The first kappa shape index (κ1) is 25.4. The number of amides is 1. The van der Waals surface area contributed by atoms with Crippen LogP contribution < -0.4 is 16.0 Å². The molecular weight excluding hydrogens is 469 g/mol. The molecule has 0 saturated heterocycles. The van der Waals surface area contributed by atoms with Crippen molar-refractivity contribution in [1.82, 2.24) is 16.0 Å². The van der Waals surface area contributed by atoms with Crippen LogP contribution in [0.3, 0.4) is 0 Å². The third-order valence-corrected chi connectivity index (χ3v) is 3.23. The summed E-state index contributed by atoms with van der Waals surface area (Å²) >= 11 is 0. The Bertz CT molecular complexity index is 622. The van der Waals surface area contributed by atoms with Gasteiger partial charge in [-0.05, 0) is 57.4 Å². The fourth-order valence-corrected chi connectivity index (χ4v) is 2.07. The summed E-state index contributed by atoms with van der Waals surface area (Å²) in [5, 5.41) is 8.78. The minimum Gasteiger partial charge on any atom is -0.444 e. The molecular formula is C18H29F2IN4O2. The average molecular weight is 498 g/mol. The zero-order chi connectivity index (χ0) is 19.6. The van der Waals surface area contributed by atoms with Crippen molar-refractivity contribution in [1.29, 1.82) is 0 Å². The van der Waals surface area contributed by atoms with Gasteiger partial charge in [0.05, 0.1) is 0 Å². The highest BCUT2D eigenvalue weighted by molar-refractivity contribution is 14.0. The number of carbonyl (C=O) groups is 1. The summed E-state index contributed by atoms with van der Waals surface area (Å²) in [5.41, 5.74) is -0.204. The van der Waals surface area contributed by atoms with Gasteiger partial charge in [-0.1, -0.05) is 0 Å². The molecule has 0 saturated carbocycles. The van der Waals surface area contributed by atoms with Crippen molar-refractivity contribution in [2.45, 2.75) is 39.2 Å². The monoisotopic (exact) mass is 498 g/mol. The van der Waals surface area contributed by atoms with Crippen molar-refractivity contribution in [3.05, 3.63) is 35.4 Å². The van der Waals surface area contributed by atoms with Crippen molar-refractivity contribution < 1.29 is 18.3 Å². The first-order valence-corrected chi connectivity index (χ1v) is 8.56. The second kappa shape index (κ2) is 12.7. The van der Waals surface area contributed by atoms with Gasteiger partial charge in [0.25, 0.3) is 0 Å². The van der Waals surface area contributed by atoms with Crippen LogP contribution >= 0.6 is 24.0 Å². The van der Waals surface area contributed by atoms with E-state index in [0.29, 0.717) is 44.0 Å². The number of halogens is 3. The quantitative estimate of drug-likeness (QED) is 0.234. The van der Waals surface area contributed by atoms with Crippen LogP contribution in [0.4, 0.5) is 13.6 Å². The van der Waals surface area contributed by atoms with E-state index in [1.165, 1.54) is 6.07 Å². The number of ether oxygens (including phenoxy) is 1. The van der Waals surface area contributed by atoms with Crippen molar-refractivity contribution in [3.8, 4) is 0 Å². The van der Waals surface area contributed by atoms with E-state index < -0.39 is 23.3 Å². The summed E-state index contributed by atoms with van der Waals surface area (Å²) < 4.78 is 31.8. The average Bonchev–Trinajstić information content (AvgIpc) is 2.54. The largest absolute Gasteiger partial charge is 0.444 e. The lowest BCUT2D eigenvalue weighted by Gasteiger charge is -2.19. The Morgan fingerprint density at radius 2 is 1.74 bits per heavy atom. The maximum Gasteiger partial charge on any atom is 0.407 e. The summed E-state index contributed by atoms with van der Waals surface area (Å²) in [6, 6.07) is 3.41. The zero-order valence-electron chi connectivity index (χ0n) is 16.2. The Kier molecular flexibility index (Phi) is 11.9. The summed E-state index contributed by atoms with van der Waals surface area (Å²) in [7, 11) is 1.62. The van der Waals surface area contributed by atoms with Gasteiger partial charge in [-0.2, -0.15) is 0 Å². The smallest absolute Gasteiger partial charge is 0.407 e. The Hall–Kier alpha value is -1.65. The third kappa shape index (κ3) is 11.6. The Morgan fingerprint density at radius 1 is 1.11 bits per heavy atom. The second-order valence-electron chi connectivity index (χ2n) is 6.69. The number of benzene rings is 1. The van der Waals surface area contributed by atoms with Gasteiger partial charge in [0.15, 0.2) is 5.96 Å². The van der Waals surface area contributed by atoms with Crippen molar-refractivity contribution in [3.63, 3.8) is 0 Å². The van der Waals surface area contributed by atoms with Gasteiger partial charge in [-0.25, -0.2) is 13.6 Å². The number of aliphatic imine (C=N–C) groups is 1. The molecule has 0 aromatic heterocycles. The Balaban J connectivity index is 0.00000676. The van der Waals surface area contributed by atoms with E-state index in [1.54, 1.807) is 27.8 Å². The number of hydrogen-bond acceptors (Lipinski definition) is 3. The fourth-order valence-electron chi connectivity index (χ4n) is 2.07. The molecule has 0 aliphatic carbocycles. The molecule has 0 fully saturated rings. The minimum absolute atomic E-state index is 0. The van der Waals surface area contributed by atoms with Crippen molar-refractivity contribution in [2.24, 2.45) is 4.99 Å². The van der Waals surface area contributed by atoms with E-state index in [4.69, 9.17) is 4.74 Å². The van der Waals surface area contributed by atoms with Crippen LogP contribution in [-0.2, 0) is 11.2 Å². The number of alkyl carbamates (subject to hydrolysis) is 1. The molecule has 1 rings (SSSR count). The van der Waals surface area contributed by atoms with Gasteiger partial charge < -0.3 is 20.7 Å². The first-order chi connectivity index (χ1) is 12.2. The molecule has 1 aromatic rings. The van der Waals surface area contributed by atoms with Crippen molar-refractivity contribution >= 4 is 36.0 Å². The molecule has 0 atom stereocenters. The van der Waals surface area contributed by atoms with E-state index in [2.05, 4.69) is 20.9 Å². The van der Waals surface area contributed by atoms with Gasteiger partial charge in [0.2, 0.25) is 0 Å². The topological polar surface area (TPSA) is 74.8 Å². The maximum absolute atomic E-state index is 13.5. The predicted octanol–water partition coefficient (Wildman–Crippen LogP) is 3.21. The van der Waals surface area contributed by atoms with Gasteiger partial charge in [0, 0.05) is 26.7 Å². The normalized spacial score (nSPS) is 11.4. The third-order valence-electron chi connectivity index (χ3n) is 3.23. The number of guanidine groups is 1. The molecule has 1 amide bonds.